The number of nitrogens with zero attached hydrogens (tertiary/aromatic N) is 2. The van der Waals surface area contributed by atoms with Gasteiger partial charge in [0.05, 0.1) is 6.61 Å². The van der Waals surface area contributed by atoms with E-state index in [1.165, 1.54) is 21.1 Å². The molecule has 1 aromatic heterocycles. The highest BCUT2D eigenvalue weighted by atomic mass is 32.3. The molecule has 1 amide bonds. The Labute approximate surface area is 216 Å². The second-order valence-corrected chi connectivity index (χ2v) is 15.5. The van der Waals surface area contributed by atoms with Gasteiger partial charge in [-0.2, -0.15) is 0 Å². The van der Waals surface area contributed by atoms with Gasteiger partial charge in [0, 0.05) is 21.4 Å². The average Bonchev–Trinajstić information content (AvgIpc) is 3.23. The van der Waals surface area contributed by atoms with Crippen LogP contribution in [-0.4, -0.2) is 33.2 Å². The van der Waals surface area contributed by atoms with Crippen LogP contribution in [0.25, 0.3) is 0 Å². The second kappa shape index (κ2) is 10.3. The lowest BCUT2D eigenvalue weighted by atomic mass is 9.96. The number of carbonyl (C=O) groups is 1. The molecule has 2 aromatic carbocycles. The van der Waals surface area contributed by atoms with E-state index in [0.717, 1.165) is 5.01 Å². The highest BCUT2D eigenvalue weighted by molar-refractivity contribution is 8.31. The predicted molar refractivity (Wildman–Crippen MR) is 148 cm³/mol. The van der Waals surface area contributed by atoms with Crippen molar-refractivity contribution >= 4 is 32.9 Å². The average molecular weight is 518 g/mol. The molecule has 3 aromatic rings. The van der Waals surface area contributed by atoms with Crippen molar-refractivity contribution in [1.29, 1.82) is 0 Å². The zero-order valence-corrected chi connectivity index (χ0v) is 23.5. The Balaban J connectivity index is 0.00000456. The van der Waals surface area contributed by atoms with Crippen molar-refractivity contribution in [1.82, 2.24) is 10.2 Å². The smallest absolute Gasteiger partial charge is 0.414 e. The third kappa shape index (κ3) is 6.42. The van der Waals surface area contributed by atoms with Crippen LogP contribution in [-0.2, 0) is 14.3 Å². The number of aromatic nitrogens is 2. The number of nitrogens with one attached hydrogen (secondary N) is 1. The molecule has 0 radical (unpaired) electrons. The minimum absolute atomic E-state index is 0. The number of benzene rings is 2. The van der Waals surface area contributed by atoms with Gasteiger partial charge in [0.25, 0.3) is 0 Å². The summed E-state index contributed by atoms with van der Waals surface area (Å²) in [6.45, 7) is 16.8. The summed E-state index contributed by atoms with van der Waals surface area (Å²) in [4.78, 5) is 14.5. The highest BCUT2D eigenvalue weighted by Gasteiger charge is 2.43. The van der Waals surface area contributed by atoms with Gasteiger partial charge in [0.2, 0.25) is 5.13 Å². The maximum absolute atomic E-state index is 12.2. The molecule has 0 aliphatic carbocycles. The van der Waals surface area contributed by atoms with Crippen LogP contribution in [0.2, 0.25) is 0 Å². The number of hydrogen-bond donors (Lipinski definition) is 1. The number of rotatable bonds is 7. The first-order valence-corrected chi connectivity index (χ1v) is 14.0. The summed E-state index contributed by atoms with van der Waals surface area (Å²) < 4.78 is 12.2. The normalized spacial score (nSPS) is 13.4. The molecule has 0 aliphatic rings. The molecule has 0 saturated carbocycles. The molecule has 0 bridgehead atoms. The Hall–Kier alpha value is -2.42. The van der Waals surface area contributed by atoms with E-state index in [1.807, 2.05) is 32.9 Å². The second-order valence-electron chi connectivity index (χ2n) is 11.0. The Bertz CT molecular complexity index is 1080. The zero-order valence-electron chi connectivity index (χ0n) is 21.9. The van der Waals surface area contributed by atoms with Crippen molar-refractivity contribution in [2.75, 3.05) is 11.9 Å². The van der Waals surface area contributed by atoms with Crippen LogP contribution < -0.4 is 5.32 Å². The summed E-state index contributed by atoms with van der Waals surface area (Å²) in [5.74, 6) is 0. The van der Waals surface area contributed by atoms with E-state index in [1.54, 1.807) is 0 Å². The standard InChI is InChI=1S/C27H37N3O3S2.H2/c1-25(2,3)33-24(31)28-23-30-29-22(34-23)27(7,8)19-32-35(26(4,5)6,20-15-11-9-12-16-20)21-17-13-10-14-18-21;/h9-18H,19H2,1-8H3,(H,28,30,31);1H. The van der Waals surface area contributed by atoms with Crippen LogP contribution in [0.5, 0.6) is 0 Å². The highest BCUT2D eigenvalue weighted by Crippen LogP contribution is 2.71. The van der Waals surface area contributed by atoms with E-state index >= 15 is 0 Å². The van der Waals surface area contributed by atoms with Crippen molar-refractivity contribution in [2.45, 2.75) is 80.9 Å². The summed E-state index contributed by atoms with van der Waals surface area (Å²) in [6.07, 6.45) is -0.543. The van der Waals surface area contributed by atoms with Gasteiger partial charge >= 0.3 is 6.09 Å². The minimum atomic E-state index is -1.88. The van der Waals surface area contributed by atoms with Crippen LogP contribution in [0.15, 0.2) is 70.5 Å². The Morgan fingerprint density at radius 1 is 0.886 bits per heavy atom. The van der Waals surface area contributed by atoms with Crippen LogP contribution in [0.3, 0.4) is 0 Å². The van der Waals surface area contributed by atoms with Crippen LogP contribution in [0.4, 0.5) is 9.93 Å². The molecule has 3 rings (SSSR count). The van der Waals surface area contributed by atoms with E-state index in [9.17, 15) is 4.79 Å². The first-order valence-electron chi connectivity index (χ1n) is 11.7. The Morgan fingerprint density at radius 2 is 1.40 bits per heavy atom. The van der Waals surface area contributed by atoms with Gasteiger partial charge < -0.3 is 8.92 Å². The third-order valence-corrected chi connectivity index (χ3v) is 10.5. The minimum Gasteiger partial charge on any atom is -0.444 e. The van der Waals surface area contributed by atoms with Crippen LogP contribution in [0.1, 0.15) is 61.8 Å². The van der Waals surface area contributed by atoms with E-state index in [0.29, 0.717) is 11.7 Å². The fourth-order valence-electron chi connectivity index (χ4n) is 3.62. The van der Waals surface area contributed by atoms with E-state index in [4.69, 9.17) is 8.92 Å². The van der Waals surface area contributed by atoms with Gasteiger partial charge in [-0.15, -0.1) is 10.2 Å². The van der Waals surface area contributed by atoms with Gasteiger partial charge in [-0.1, -0.05) is 71.9 Å². The quantitative estimate of drug-likeness (QED) is 0.343. The Kier molecular flexibility index (Phi) is 7.99. The van der Waals surface area contributed by atoms with Gasteiger partial charge in [-0.05, 0) is 65.8 Å². The number of carbonyl (C=O) groups excluding carboxylic acids is 1. The lowest BCUT2D eigenvalue weighted by molar-refractivity contribution is 0.0636. The molecule has 0 atom stereocenters. The molecule has 0 aliphatic heterocycles. The lowest BCUT2D eigenvalue weighted by Gasteiger charge is -2.51. The molecular weight excluding hydrogens is 478 g/mol. The van der Waals surface area contributed by atoms with Gasteiger partial charge in [0.15, 0.2) is 0 Å². The molecule has 0 saturated heterocycles. The van der Waals surface area contributed by atoms with E-state index in [-0.39, 0.29) is 6.17 Å². The summed E-state index contributed by atoms with van der Waals surface area (Å²) in [5, 5.41) is 12.4. The molecule has 8 heteroatoms. The summed E-state index contributed by atoms with van der Waals surface area (Å²) in [5.41, 5.74) is -1.02. The van der Waals surface area contributed by atoms with Crippen LogP contribution in [0, 0.1) is 0 Å². The first kappa shape index (κ1) is 27.2. The predicted octanol–water partition coefficient (Wildman–Crippen LogP) is 8.06. The maximum atomic E-state index is 12.2. The van der Waals surface area contributed by atoms with Crippen molar-refractivity contribution in [3.8, 4) is 0 Å². The number of amides is 1. The molecule has 0 unspecified atom stereocenters. The van der Waals surface area contributed by atoms with E-state index in [2.05, 4.69) is 98.7 Å². The summed E-state index contributed by atoms with van der Waals surface area (Å²) >= 11 is 1.34. The SMILES string of the molecule is CC(C)(C)OC(=O)Nc1nnc(C(C)(C)COS(c2ccccc2)(c2ccccc2)C(C)(C)C)s1.[HH]. The number of ether oxygens (including phenoxy) is 1. The van der Waals surface area contributed by atoms with Gasteiger partial charge in [-0.3, -0.25) is 5.32 Å². The molecular formula is C27H39N3O3S2. The summed E-state index contributed by atoms with van der Waals surface area (Å²) in [6, 6.07) is 21.0. The molecule has 35 heavy (non-hydrogen) atoms. The number of anilines is 1. The number of hydrogen-bond acceptors (Lipinski definition) is 6. The van der Waals surface area contributed by atoms with Crippen LogP contribution >= 0.6 is 21.6 Å². The Morgan fingerprint density at radius 3 is 1.86 bits per heavy atom. The van der Waals surface area contributed by atoms with E-state index < -0.39 is 27.4 Å². The lowest BCUT2D eigenvalue weighted by Crippen LogP contribution is -2.32. The summed E-state index contributed by atoms with van der Waals surface area (Å²) in [7, 11) is -1.88. The van der Waals surface area contributed by atoms with Gasteiger partial charge in [-0.25, -0.2) is 4.79 Å². The first-order chi connectivity index (χ1) is 16.2. The fourth-order valence-corrected chi connectivity index (χ4v) is 8.30. The fraction of sp³-hybridized carbons (Fsp3) is 0.444. The molecule has 0 fully saturated rings. The van der Waals surface area contributed by atoms with Crippen molar-refractivity contribution < 1.29 is 15.1 Å². The van der Waals surface area contributed by atoms with Crippen molar-refractivity contribution in [3.63, 3.8) is 0 Å². The third-order valence-electron chi connectivity index (χ3n) is 5.22. The molecule has 6 nitrogen and oxygen atoms in total. The molecule has 0 spiro atoms. The monoisotopic (exact) mass is 517 g/mol. The largest absolute Gasteiger partial charge is 0.444 e. The van der Waals surface area contributed by atoms with Gasteiger partial charge in [0.1, 0.15) is 10.6 Å². The topological polar surface area (TPSA) is 73.3 Å². The zero-order chi connectivity index (χ0) is 25.9. The molecule has 192 valence electrons. The van der Waals surface area contributed by atoms with Crippen molar-refractivity contribution in [2.24, 2.45) is 0 Å². The maximum Gasteiger partial charge on any atom is 0.414 e. The molecule has 1 heterocycles. The molecule has 1 N–H and O–H groups in total. The van der Waals surface area contributed by atoms with Crippen molar-refractivity contribution in [3.05, 3.63) is 65.7 Å².